The van der Waals surface area contributed by atoms with Gasteiger partial charge in [0, 0.05) is 11.3 Å². The van der Waals surface area contributed by atoms with Gasteiger partial charge in [0.2, 0.25) is 0 Å². The van der Waals surface area contributed by atoms with Crippen LogP contribution in [0.1, 0.15) is 107 Å². The van der Waals surface area contributed by atoms with Crippen LogP contribution in [0.3, 0.4) is 0 Å². The van der Waals surface area contributed by atoms with E-state index in [0.717, 1.165) is 49.7 Å². The Bertz CT molecular complexity index is 1110. The van der Waals surface area contributed by atoms with E-state index in [2.05, 4.69) is 34.3 Å². The highest BCUT2D eigenvalue weighted by Gasteiger charge is 2.71. The van der Waals surface area contributed by atoms with Gasteiger partial charge in [-0.2, -0.15) is 0 Å². The van der Waals surface area contributed by atoms with Crippen LogP contribution in [-0.2, 0) is 23.7 Å². The van der Waals surface area contributed by atoms with E-state index in [9.17, 15) is 9.90 Å². The van der Waals surface area contributed by atoms with Gasteiger partial charge in [0.1, 0.15) is 0 Å². The number of fused-ring (bicyclic) bond motifs is 6. The Morgan fingerprint density at radius 3 is 2.36 bits per heavy atom. The lowest BCUT2D eigenvalue weighted by atomic mass is 9.45. The Labute approximate surface area is 234 Å². The molecular weight excluding hydrogens is 492 g/mol. The van der Waals surface area contributed by atoms with Crippen molar-refractivity contribution in [3.63, 3.8) is 0 Å². The fraction of sp³-hybridized carbons (Fsp3) is 0.848. The van der Waals surface area contributed by atoms with Gasteiger partial charge in [-0.15, -0.1) is 6.58 Å². The molecule has 0 amide bonds. The summed E-state index contributed by atoms with van der Waals surface area (Å²) >= 11 is 0. The van der Waals surface area contributed by atoms with Crippen molar-refractivity contribution in [2.24, 2.45) is 28.6 Å². The fourth-order valence-electron chi connectivity index (χ4n) is 10.3. The first-order valence-electron chi connectivity index (χ1n) is 15.3. The number of aliphatic hydroxyl groups is 1. The Hall–Kier alpha value is -1.05. The molecule has 2 saturated heterocycles. The molecule has 1 N–H and O–H groups in total. The number of carbonyl (C=O) groups is 1. The summed E-state index contributed by atoms with van der Waals surface area (Å²) in [6.45, 7) is 20.9. The molecule has 2 aliphatic heterocycles. The second-order valence-electron chi connectivity index (χ2n) is 15.5. The summed E-state index contributed by atoms with van der Waals surface area (Å²) in [5.74, 6) is -0.963. The monoisotopic (exact) mass is 542 g/mol. The van der Waals surface area contributed by atoms with Gasteiger partial charge in [-0.3, -0.25) is 4.79 Å². The van der Waals surface area contributed by atoms with E-state index < -0.39 is 28.2 Å². The summed E-state index contributed by atoms with van der Waals surface area (Å²) in [6, 6.07) is 0. The Morgan fingerprint density at radius 1 is 0.974 bits per heavy atom. The number of carbonyl (C=O) groups excluding carboxylic acids is 1. The highest BCUT2D eigenvalue weighted by Crippen LogP contribution is 2.70. The van der Waals surface area contributed by atoms with Crippen LogP contribution in [0.2, 0.25) is 0 Å². The van der Waals surface area contributed by atoms with Crippen LogP contribution in [0.5, 0.6) is 0 Å². The summed E-state index contributed by atoms with van der Waals surface area (Å²) in [7, 11) is 0. The summed E-state index contributed by atoms with van der Waals surface area (Å²) in [6.07, 6.45) is 8.32. The summed E-state index contributed by atoms with van der Waals surface area (Å²) in [4.78, 5) is 13.8. The Morgan fingerprint density at radius 2 is 1.67 bits per heavy atom. The van der Waals surface area contributed by atoms with Crippen LogP contribution in [0, 0.1) is 28.6 Å². The Kier molecular flexibility index (Phi) is 6.12. The minimum atomic E-state index is -1.04. The molecule has 6 rings (SSSR count). The standard InChI is InChI=1S/C33H50O6/c1-19(2)10-11-27-32(9,39-29(5,6)38-27)26-13-15-33(35)21-16-23(34)22-17-24-25(37-28(3,4)36-24)18-30(22,7)20(21)12-14-31(26,33)8/h16,20,22,24-27,35H,1,10-15,17-18H2,2-9H3/t20-,22-,24+,25-,26-,27+,30+,31+,32+,33+/m0/s1. The number of ether oxygens (including phenoxy) is 4. The van der Waals surface area contributed by atoms with Crippen molar-refractivity contribution in [2.75, 3.05) is 0 Å². The number of hydrogen-bond acceptors (Lipinski definition) is 6. The van der Waals surface area contributed by atoms with E-state index in [4.69, 9.17) is 18.9 Å². The van der Waals surface area contributed by atoms with E-state index in [-0.39, 0.29) is 47.3 Å². The molecule has 0 aromatic carbocycles. The van der Waals surface area contributed by atoms with E-state index >= 15 is 0 Å². The van der Waals surface area contributed by atoms with Gasteiger partial charge >= 0.3 is 0 Å². The zero-order chi connectivity index (χ0) is 28.4. The minimum absolute atomic E-state index is 0.00747. The molecule has 218 valence electrons. The van der Waals surface area contributed by atoms with Gasteiger partial charge in [-0.1, -0.05) is 19.4 Å². The van der Waals surface area contributed by atoms with Crippen molar-refractivity contribution in [3.8, 4) is 0 Å². The van der Waals surface area contributed by atoms with E-state index in [1.54, 1.807) is 0 Å². The first kappa shape index (κ1) is 28.1. The van der Waals surface area contributed by atoms with E-state index in [1.165, 1.54) is 0 Å². The third kappa shape index (κ3) is 3.95. The average Bonchev–Trinajstić information content (AvgIpc) is 3.35. The second kappa shape index (κ2) is 8.50. The molecular formula is C33H50O6. The molecule has 5 fully saturated rings. The van der Waals surface area contributed by atoms with E-state index in [1.807, 2.05) is 33.8 Å². The van der Waals surface area contributed by atoms with Crippen LogP contribution in [0.4, 0.5) is 0 Å². The van der Waals surface area contributed by atoms with Gasteiger partial charge in [-0.05, 0) is 122 Å². The molecule has 4 aliphatic carbocycles. The normalized spacial score (nSPS) is 51.5. The SMILES string of the molecule is C=C(C)CC[C@H]1OC(C)(C)O[C@]1(C)[C@H]1CC[C@@]2(O)C3=CC(=O)[C@@H]4C[C@H]5OC(C)(C)O[C@H]5C[C@]4(C)[C@H]3CC[C@]12C. The van der Waals surface area contributed by atoms with Crippen LogP contribution >= 0.6 is 0 Å². The molecule has 0 spiro atoms. The maximum atomic E-state index is 13.8. The van der Waals surface area contributed by atoms with Gasteiger partial charge in [0.15, 0.2) is 17.4 Å². The number of hydrogen-bond donors (Lipinski definition) is 1. The molecule has 6 nitrogen and oxygen atoms in total. The molecule has 0 bridgehead atoms. The molecule has 2 heterocycles. The lowest BCUT2D eigenvalue weighted by Crippen LogP contribution is -2.62. The zero-order valence-electron chi connectivity index (χ0n) is 25.4. The maximum absolute atomic E-state index is 13.8. The van der Waals surface area contributed by atoms with E-state index in [0.29, 0.717) is 12.8 Å². The molecule has 0 radical (unpaired) electrons. The molecule has 39 heavy (non-hydrogen) atoms. The minimum Gasteiger partial charge on any atom is -0.385 e. The lowest BCUT2D eigenvalue weighted by Gasteiger charge is -2.60. The smallest absolute Gasteiger partial charge is 0.164 e. The quantitative estimate of drug-likeness (QED) is 0.423. The van der Waals surface area contributed by atoms with Crippen LogP contribution < -0.4 is 0 Å². The van der Waals surface area contributed by atoms with Crippen molar-refractivity contribution in [1.29, 1.82) is 0 Å². The fourth-order valence-corrected chi connectivity index (χ4v) is 10.3. The molecule has 6 heteroatoms. The van der Waals surface area contributed by atoms with Gasteiger partial charge in [0.05, 0.1) is 29.5 Å². The van der Waals surface area contributed by atoms with Crippen LogP contribution in [0.15, 0.2) is 23.8 Å². The predicted octanol–water partition coefficient (Wildman–Crippen LogP) is 6.26. The van der Waals surface area contributed by atoms with Crippen molar-refractivity contribution < 1.29 is 28.8 Å². The second-order valence-corrected chi connectivity index (χ2v) is 15.5. The van der Waals surface area contributed by atoms with Crippen molar-refractivity contribution >= 4 is 5.78 Å². The highest BCUT2D eigenvalue weighted by atomic mass is 16.8. The molecule has 3 saturated carbocycles. The third-order valence-corrected chi connectivity index (χ3v) is 12.0. The number of rotatable bonds is 4. The third-order valence-electron chi connectivity index (χ3n) is 12.0. The van der Waals surface area contributed by atoms with Crippen molar-refractivity contribution in [2.45, 2.75) is 148 Å². The van der Waals surface area contributed by atoms with Gasteiger partial charge < -0.3 is 24.1 Å². The largest absolute Gasteiger partial charge is 0.385 e. The molecule has 0 aromatic heterocycles. The lowest BCUT2D eigenvalue weighted by molar-refractivity contribution is -0.190. The first-order valence-corrected chi connectivity index (χ1v) is 15.3. The summed E-state index contributed by atoms with van der Waals surface area (Å²) < 4.78 is 25.8. The molecule has 0 unspecified atom stereocenters. The highest BCUT2D eigenvalue weighted by molar-refractivity contribution is 5.95. The zero-order valence-corrected chi connectivity index (χ0v) is 25.4. The van der Waals surface area contributed by atoms with Crippen LogP contribution in [-0.4, -0.2) is 52.0 Å². The van der Waals surface area contributed by atoms with Gasteiger partial charge in [0.25, 0.3) is 0 Å². The summed E-state index contributed by atoms with van der Waals surface area (Å²) in [5.41, 5.74) is -0.112. The average molecular weight is 543 g/mol. The number of allylic oxidation sites excluding steroid dienone is 2. The Balaban J connectivity index is 1.34. The molecule has 0 aromatic rings. The molecule has 10 atom stereocenters. The first-order chi connectivity index (χ1) is 17.9. The molecule has 6 aliphatic rings. The van der Waals surface area contributed by atoms with Crippen molar-refractivity contribution in [3.05, 3.63) is 23.8 Å². The topological polar surface area (TPSA) is 74.2 Å². The maximum Gasteiger partial charge on any atom is 0.164 e. The predicted molar refractivity (Wildman–Crippen MR) is 149 cm³/mol. The van der Waals surface area contributed by atoms with Gasteiger partial charge in [-0.25, -0.2) is 0 Å². The van der Waals surface area contributed by atoms with Crippen LogP contribution in [0.25, 0.3) is 0 Å². The number of ketones is 1. The van der Waals surface area contributed by atoms with Crippen molar-refractivity contribution in [1.82, 2.24) is 0 Å². The summed E-state index contributed by atoms with van der Waals surface area (Å²) in [5, 5.41) is 12.8.